The molecule has 0 saturated heterocycles. The smallest absolute Gasteiger partial charge is 0.138 e. The van der Waals surface area contributed by atoms with E-state index in [2.05, 4.69) is 15.3 Å². The Morgan fingerprint density at radius 1 is 1.24 bits per heavy atom. The molecule has 0 amide bonds. The van der Waals surface area contributed by atoms with Crippen molar-refractivity contribution in [1.82, 2.24) is 15.3 Å². The third-order valence-corrected chi connectivity index (χ3v) is 5.75. The van der Waals surface area contributed by atoms with Gasteiger partial charge in [-0.1, -0.05) is 12.1 Å². The van der Waals surface area contributed by atoms with Crippen LogP contribution in [0.25, 0.3) is 11.0 Å². The van der Waals surface area contributed by atoms with Gasteiger partial charge in [0.25, 0.3) is 0 Å². The average Bonchev–Trinajstić information content (AvgIpc) is 3.22. The molecule has 1 heterocycles. The minimum Gasteiger partial charge on any atom is -0.497 e. The number of carbonyl (C=O) groups is 1. The van der Waals surface area contributed by atoms with Gasteiger partial charge in [-0.25, -0.2) is 4.98 Å². The Balaban J connectivity index is 2.07. The maximum absolute atomic E-state index is 12.3. The van der Waals surface area contributed by atoms with E-state index < -0.39 is 17.7 Å². The molecule has 0 radical (unpaired) electrons. The Labute approximate surface area is 199 Å². The van der Waals surface area contributed by atoms with Crippen molar-refractivity contribution in [2.24, 2.45) is 0 Å². The van der Waals surface area contributed by atoms with Crippen LogP contribution in [0.5, 0.6) is 11.5 Å². The number of para-hydroxylation sites is 2. The average molecular weight is 468 g/mol. The zero-order chi connectivity index (χ0) is 24.9. The molecule has 0 fully saturated rings. The van der Waals surface area contributed by atoms with E-state index in [0.29, 0.717) is 36.0 Å². The number of fused-ring (bicyclic) bond motifs is 1. The van der Waals surface area contributed by atoms with Crippen LogP contribution in [0.1, 0.15) is 38.9 Å². The first-order valence-electron chi connectivity index (χ1n) is 11.1. The summed E-state index contributed by atoms with van der Waals surface area (Å²) in [6.07, 6.45) is 0.652. The molecule has 182 valence electrons. The zero-order valence-electron chi connectivity index (χ0n) is 20.3. The zero-order valence-corrected chi connectivity index (χ0v) is 20.3. The summed E-state index contributed by atoms with van der Waals surface area (Å²) in [4.78, 5) is 21.9. The highest BCUT2D eigenvalue weighted by atomic mass is 16.5. The highest BCUT2D eigenvalue weighted by Gasteiger charge is 2.35. The number of benzene rings is 2. The van der Waals surface area contributed by atoms with Crippen molar-refractivity contribution in [2.45, 2.75) is 44.9 Å². The van der Waals surface area contributed by atoms with Crippen molar-refractivity contribution in [1.29, 1.82) is 5.41 Å². The minimum absolute atomic E-state index is 0.0615. The summed E-state index contributed by atoms with van der Waals surface area (Å²) in [5.41, 5.74) is 1.55. The number of ether oxygens (including phenoxy) is 2. The van der Waals surface area contributed by atoms with Crippen molar-refractivity contribution in [3.05, 3.63) is 48.3 Å². The Kier molecular flexibility index (Phi) is 7.90. The van der Waals surface area contributed by atoms with Crippen LogP contribution in [0.3, 0.4) is 0 Å². The molecule has 0 aliphatic rings. The van der Waals surface area contributed by atoms with Crippen LogP contribution < -0.4 is 19.7 Å². The summed E-state index contributed by atoms with van der Waals surface area (Å²) in [6, 6.07) is 12.9. The Morgan fingerprint density at radius 3 is 2.44 bits per heavy atom. The summed E-state index contributed by atoms with van der Waals surface area (Å²) < 4.78 is 10.9. The number of aromatic nitrogens is 2. The lowest BCUT2D eigenvalue weighted by Crippen LogP contribution is -2.51. The molecule has 3 aromatic rings. The summed E-state index contributed by atoms with van der Waals surface area (Å²) in [5.74, 6) is 0.673. The number of H-pyrrole nitrogens is 1. The van der Waals surface area contributed by atoms with Crippen LogP contribution in [-0.2, 0) is 4.79 Å². The topological polar surface area (TPSA) is 124 Å². The van der Waals surface area contributed by atoms with Crippen molar-refractivity contribution in [3.63, 3.8) is 0 Å². The number of aldehydes is 1. The molecule has 0 aliphatic carbocycles. The number of nitrogens with one attached hydrogen (secondary N) is 3. The molecule has 2 atom stereocenters. The summed E-state index contributed by atoms with van der Waals surface area (Å²) in [7, 11) is 3.13. The van der Waals surface area contributed by atoms with Crippen LogP contribution in [0.15, 0.2) is 42.5 Å². The van der Waals surface area contributed by atoms with E-state index in [9.17, 15) is 9.90 Å². The van der Waals surface area contributed by atoms with Gasteiger partial charge in [0.15, 0.2) is 0 Å². The van der Waals surface area contributed by atoms with E-state index in [0.717, 1.165) is 17.3 Å². The Bertz CT molecular complexity index is 1090. The van der Waals surface area contributed by atoms with Crippen molar-refractivity contribution in [3.8, 4) is 11.5 Å². The number of imidazole rings is 1. The Hall–Kier alpha value is -3.43. The van der Waals surface area contributed by atoms with Crippen LogP contribution in [0.2, 0.25) is 0 Å². The van der Waals surface area contributed by atoms with Gasteiger partial charge in [0.05, 0.1) is 30.9 Å². The van der Waals surface area contributed by atoms with Gasteiger partial charge in [-0.15, -0.1) is 0 Å². The Morgan fingerprint density at radius 2 is 1.88 bits per heavy atom. The first-order valence-corrected chi connectivity index (χ1v) is 11.1. The maximum Gasteiger partial charge on any atom is 0.138 e. The van der Waals surface area contributed by atoms with Gasteiger partial charge >= 0.3 is 0 Å². The first-order chi connectivity index (χ1) is 16.2. The monoisotopic (exact) mass is 467 g/mol. The fourth-order valence-electron chi connectivity index (χ4n) is 3.95. The fourth-order valence-corrected chi connectivity index (χ4v) is 3.95. The van der Waals surface area contributed by atoms with Gasteiger partial charge in [0.1, 0.15) is 41.6 Å². The maximum atomic E-state index is 12.3. The predicted octanol–water partition coefficient (Wildman–Crippen LogP) is 3.44. The number of hydrogen-bond acceptors (Lipinski definition) is 7. The standard InChI is InChI=1S/C25H33N5O4/c1-16(32)27-11-10-25(2,3)30(17-12-18(33-4)14-19(13-17)34-5)23(26)20(15-31)24-28-21-8-6-7-9-22(21)29-24/h6-9,12-16,20,26-27,32H,10-11H2,1-5H3,(H,28,29). The second kappa shape index (κ2) is 10.7. The van der Waals surface area contributed by atoms with Crippen molar-refractivity contribution >= 4 is 28.8 Å². The molecule has 2 aromatic carbocycles. The molecular formula is C25H33N5O4. The number of aliphatic hydroxyl groups excluding tert-OH is 1. The van der Waals surface area contributed by atoms with Gasteiger partial charge in [0.2, 0.25) is 0 Å². The molecule has 0 aliphatic heterocycles. The van der Waals surface area contributed by atoms with E-state index >= 15 is 0 Å². The summed E-state index contributed by atoms with van der Waals surface area (Å²) in [5, 5.41) is 21.8. The van der Waals surface area contributed by atoms with E-state index in [-0.39, 0.29) is 5.84 Å². The fraction of sp³-hybridized carbons (Fsp3) is 0.400. The highest BCUT2D eigenvalue weighted by molar-refractivity contribution is 6.09. The normalized spacial score (nSPS) is 13.4. The molecular weight excluding hydrogens is 434 g/mol. The third kappa shape index (κ3) is 5.55. The minimum atomic E-state index is -0.923. The number of hydrogen-bond donors (Lipinski definition) is 4. The lowest BCUT2D eigenvalue weighted by atomic mass is 9.94. The number of carbonyl (C=O) groups excluding carboxylic acids is 1. The molecule has 2 unspecified atom stereocenters. The molecule has 1 aromatic heterocycles. The number of aromatic amines is 1. The number of nitrogens with zero attached hydrogens (tertiary/aromatic N) is 2. The van der Waals surface area contributed by atoms with Crippen LogP contribution >= 0.6 is 0 Å². The summed E-state index contributed by atoms with van der Waals surface area (Å²) in [6.45, 7) is 6.13. The van der Waals surface area contributed by atoms with E-state index in [1.807, 2.05) is 38.1 Å². The molecule has 9 heteroatoms. The van der Waals surface area contributed by atoms with Gasteiger partial charge in [-0.2, -0.15) is 0 Å². The van der Waals surface area contributed by atoms with Gasteiger partial charge < -0.3 is 29.3 Å². The van der Waals surface area contributed by atoms with Crippen LogP contribution in [0, 0.1) is 5.41 Å². The van der Waals surface area contributed by atoms with E-state index in [1.54, 1.807) is 44.2 Å². The van der Waals surface area contributed by atoms with Crippen LogP contribution in [0.4, 0.5) is 5.69 Å². The number of amidine groups is 1. The largest absolute Gasteiger partial charge is 0.497 e. The predicted molar refractivity (Wildman–Crippen MR) is 133 cm³/mol. The second-order valence-corrected chi connectivity index (χ2v) is 8.74. The molecule has 0 bridgehead atoms. The lowest BCUT2D eigenvalue weighted by Gasteiger charge is -2.42. The molecule has 3 rings (SSSR count). The third-order valence-electron chi connectivity index (χ3n) is 5.75. The van der Waals surface area contributed by atoms with E-state index in [1.165, 1.54) is 0 Å². The number of methoxy groups -OCH3 is 2. The molecule has 0 spiro atoms. The molecule has 0 saturated carbocycles. The first kappa shape index (κ1) is 25.2. The van der Waals surface area contributed by atoms with Crippen molar-refractivity contribution in [2.75, 3.05) is 25.7 Å². The molecule has 4 N–H and O–H groups in total. The van der Waals surface area contributed by atoms with Crippen LogP contribution in [-0.4, -0.2) is 59.7 Å². The van der Waals surface area contributed by atoms with E-state index in [4.69, 9.17) is 14.9 Å². The van der Waals surface area contributed by atoms with Gasteiger partial charge in [-0.05, 0) is 45.9 Å². The molecule has 34 heavy (non-hydrogen) atoms. The summed E-state index contributed by atoms with van der Waals surface area (Å²) >= 11 is 0. The van der Waals surface area contributed by atoms with Gasteiger partial charge in [-0.3, -0.25) is 10.7 Å². The number of anilines is 1. The second-order valence-electron chi connectivity index (χ2n) is 8.74. The SMILES string of the molecule is COc1cc(OC)cc(N(C(=N)C(C=O)c2nc3ccccc3[nH]2)C(C)(C)CCNC(C)O)c1. The number of rotatable bonds is 11. The van der Waals surface area contributed by atoms with Crippen molar-refractivity contribution < 1.29 is 19.4 Å². The lowest BCUT2D eigenvalue weighted by molar-refractivity contribution is -0.108. The van der Waals surface area contributed by atoms with Gasteiger partial charge in [0, 0.05) is 23.7 Å². The quantitative estimate of drug-likeness (QED) is 0.147. The molecule has 9 nitrogen and oxygen atoms in total. The highest BCUT2D eigenvalue weighted by Crippen LogP contribution is 2.36. The number of aliphatic hydroxyl groups is 1.